The van der Waals surface area contributed by atoms with Crippen molar-refractivity contribution in [2.24, 2.45) is 0 Å². The van der Waals surface area contributed by atoms with E-state index >= 15 is 0 Å². The zero-order chi connectivity index (χ0) is 21.7. The summed E-state index contributed by atoms with van der Waals surface area (Å²) in [7, 11) is 0. The van der Waals surface area contributed by atoms with Crippen LogP contribution < -0.4 is 0 Å². The van der Waals surface area contributed by atoms with E-state index < -0.39 is 0 Å². The number of hydrogen-bond acceptors (Lipinski definition) is 4. The van der Waals surface area contributed by atoms with Gasteiger partial charge in [0.25, 0.3) is 0 Å². The maximum atomic E-state index is 9.81. The van der Waals surface area contributed by atoms with Crippen molar-refractivity contribution in [2.45, 2.75) is 13.3 Å². The van der Waals surface area contributed by atoms with E-state index in [1.807, 2.05) is 31.6 Å². The molecule has 4 heterocycles. The van der Waals surface area contributed by atoms with E-state index in [0.717, 1.165) is 62.5 Å². The van der Waals surface area contributed by atoms with E-state index in [2.05, 4.69) is 60.1 Å². The monoisotopic (exact) mass is 420 g/mol. The molecular formula is C25H20N6O. The van der Waals surface area contributed by atoms with E-state index in [9.17, 15) is 5.11 Å². The van der Waals surface area contributed by atoms with Crippen LogP contribution in [0.25, 0.3) is 39.1 Å². The van der Waals surface area contributed by atoms with Crippen molar-refractivity contribution < 1.29 is 5.11 Å². The molecule has 0 fully saturated rings. The molecule has 7 heteroatoms. The summed E-state index contributed by atoms with van der Waals surface area (Å²) < 4.78 is 2.05. The molecule has 0 saturated heterocycles. The first-order valence-electron chi connectivity index (χ1n) is 10.4. The van der Waals surface area contributed by atoms with Gasteiger partial charge in [-0.2, -0.15) is 5.10 Å². The number of fused-ring (bicyclic) bond motifs is 2. The smallest absolute Gasteiger partial charge is 0.134 e. The van der Waals surface area contributed by atoms with Crippen molar-refractivity contribution in [3.63, 3.8) is 0 Å². The minimum Gasteiger partial charge on any atom is -0.506 e. The predicted octanol–water partition coefficient (Wildman–Crippen LogP) is 4.83. The van der Waals surface area contributed by atoms with Gasteiger partial charge < -0.3 is 14.7 Å². The van der Waals surface area contributed by atoms with Crippen molar-refractivity contribution >= 4 is 16.6 Å². The number of rotatable bonds is 3. The number of H-pyrrole nitrogens is 2. The van der Waals surface area contributed by atoms with Crippen LogP contribution in [0.2, 0.25) is 0 Å². The van der Waals surface area contributed by atoms with Crippen LogP contribution in [0.3, 0.4) is 0 Å². The largest absolute Gasteiger partial charge is 0.506 e. The van der Waals surface area contributed by atoms with Gasteiger partial charge in [0.1, 0.15) is 11.4 Å². The first kappa shape index (κ1) is 18.4. The van der Waals surface area contributed by atoms with Gasteiger partial charge in [0.2, 0.25) is 0 Å². The number of aryl methyl sites for hydroxylation is 1. The van der Waals surface area contributed by atoms with Gasteiger partial charge in [0.15, 0.2) is 0 Å². The molecule has 32 heavy (non-hydrogen) atoms. The van der Waals surface area contributed by atoms with Gasteiger partial charge in [-0.25, -0.2) is 4.98 Å². The summed E-state index contributed by atoms with van der Waals surface area (Å²) in [6.07, 6.45) is 14.2. The van der Waals surface area contributed by atoms with Crippen molar-refractivity contribution in [3.8, 4) is 28.3 Å². The molecular weight excluding hydrogens is 400 g/mol. The molecule has 3 N–H and O–H groups in total. The van der Waals surface area contributed by atoms with Crippen molar-refractivity contribution in [2.75, 3.05) is 0 Å². The maximum Gasteiger partial charge on any atom is 0.134 e. The average molecular weight is 420 g/mol. The molecule has 156 valence electrons. The molecule has 1 aliphatic rings. The molecule has 0 aliphatic heterocycles. The van der Waals surface area contributed by atoms with Crippen LogP contribution in [0.15, 0.2) is 73.5 Å². The minimum atomic E-state index is 0.144. The van der Waals surface area contributed by atoms with Crippen molar-refractivity contribution in [1.82, 2.24) is 29.7 Å². The molecule has 0 bridgehead atoms. The van der Waals surface area contributed by atoms with Crippen LogP contribution in [0, 0.1) is 6.92 Å². The van der Waals surface area contributed by atoms with Gasteiger partial charge >= 0.3 is 0 Å². The van der Waals surface area contributed by atoms with Crippen molar-refractivity contribution in [3.05, 3.63) is 90.4 Å². The van der Waals surface area contributed by atoms with Crippen LogP contribution in [-0.4, -0.2) is 34.8 Å². The third-order valence-corrected chi connectivity index (χ3v) is 5.75. The summed E-state index contributed by atoms with van der Waals surface area (Å²) in [4.78, 5) is 12.1. The van der Waals surface area contributed by atoms with Crippen LogP contribution in [0.1, 0.15) is 17.0 Å². The minimum absolute atomic E-state index is 0.144. The lowest BCUT2D eigenvalue weighted by atomic mass is 10.0. The highest BCUT2D eigenvalue weighted by Gasteiger charge is 2.18. The molecule has 0 unspecified atom stereocenters. The first-order chi connectivity index (χ1) is 15.7. The Morgan fingerprint density at radius 2 is 2.03 bits per heavy atom. The lowest BCUT2D eigenvalue weighted by Crippen LogP contribution is -1.97. The number of aromatic hydroxyl groups is 1. The molecule has 0 amide bonds. The normalized spacial score (nSPS) is 13.2. The molecule has 0 radical (unpaired) electrons. The quantitative estimate of drug-likeness (QED) is 0.389. The highest BCUT2D eigenvalue weighted by Crippen LogP contribution is 2.34. The summed E-state index contributed by atoms with van der Waals surface area (Å²) in [5, 5.41) is 18.6. The molecule has 1 aromatic carbocycles. The Labute approximate surface area is 183 Å². The second-order valence-electron chi connectivity index (χ2n) is 7.95. The molecule has 5 aromatic rings. The molecule has 6 rings (SSSR count). The fourth-order valence-corrected chi connectivity index (χ4v) is 4.21. The van der Waals surface area contributed by atoms with Crippen LogP contribution in [0.5, 0.6) is 5.75 Å². The Bertz CT molecular complexity index is 1530. The Morgan fingerprint density at radius 3 is 2.88 bits per heavy atom. The van der Waals surface area contributed by atoms with Crippen LogP contribution in [-0.2, 0) is 6.42 Å². The predicted molar refractivity (Wildman–Crippen MR) is 124 cm³/mol. The second-order valence-corrected chi connectivity index (χ2v) is 7.95. The Hall–Kier alpha value is -4.39. The number of aromatic amines is 2. The fraction of sp³-hybridized carbons (Fsp3) is 0.0800. The van der Waals surface area contributed by atoms with E-state index in [-0.39, 0.29) is 5.75 Å². The number of allylic oxidation sites excluding steroid dienone is 3. The highest BCUT2D eigenvalue weighted by molar-refractivity contribution is 5.95. The number of nitrogens with zero attached hydrogens (tertiary/aromatic N) is 4. The number of aromatic nitrogens is 6. The molecule has 0 saturated carbocycles. The summed E-state index contributed by atoms with van der Waals surface area (Å²) in [6.45, 7) is 1.99. The lowest BCUT2D eigenvalue weighted by molar-refractivity contribution is 0.473. The van der Waals surface area contributed by atoms with E-state index in [1.165, 1.54) is 6.20 Å². The SMILES string of the molecule is Cc1cn(C2=CC=CCc3[nH]c(-c4n[nH]c5ccc(-c6cncc(O)c6)cc45)cc32)cn1. The number of nitrogens with one attached hydrogen (secondary N) is 2. The topological polar surface area (TPSA) is 95.4 Å². The molecule has 4 aromatic heterocycles. The van der Waals surface area contributed by atoms with Crippen LogP contribution in [0.4, 0.5) is 0 Å². The zero-order valence-corrected chi connectivity index (χ0v) is 17.4. The zero-order valence-electron chi connectivity index (χ0n) is 17.4. The standard InChI is InChI=1S/C25H20N6O/c1-15-13-31(14-27-15)24-5-3-2-4-21-19(24)10-23(28-21)25-20-9-16(6-7-22(20)29-30-25)17-8-18(32)12-26-11-17/h2-3,5-14,28,32H,4H2,1H3,(H,29,30). The Morgan fingerprint density at radius 1 is 1.09 bits per heavy atom. The Balaban J connectivity index is 1.47. The van der Waals surface area contributed by atoms with E-state index in [1.54, 1.807) is 12.3 Å². The summed E-state index contributed by atoms with van der Waals surface area (Å²) in [6, 6.07) is 9.94. The maximum absolute atomic E-state index is 9.81. The van der Waals surface area contributed by atoms with Gasteiger partial charge in [0.05, 0.1) is 35.1 Å². The lowest BCUT2D eigenvalue weighted by Gasteiger charge is -2.06. The second kappa shape index (κ2) is 7.09. The fourth-order valence-electron chi connectivity index (χ4n) is 4.21. The summed E-state index contributed by atoms with van der Waals surface area (Å²) >= 11 is 0. The third-order valence-electron chi connectivity index (χ3n) is 5.75. The summed E-state index contributed by atoms with van der Waals surface area (Å²) in [5.41, 5.74) is 8.89. The number of imidazole rings is 1. The highest BCUT2D eigenvalue weighted by atomic mass is 16.3. The number of benzene rings is 1. The average Bonchev–Trinajstić information content (AvgIpc) is 3.49. The van der Waals surface area contributed by atoms with Crippen LogP contribution >= 0.6 is 0 Å². The first-order valence-corrected chi connectivity index (χ1v) is 10.4. The van der Waals surface area contributed by atoms with Gasteiger partial charge in [-0.05, 0) is 42.8 Å². The van der Waals surface area contributed by atoms with Crippen molar-refractivity contribution in [1.29, 1.82) is 0 Å². The summed E-state index contributed by atoms with van der Waals surface area (Å²) in [5.74, 6) is 0.144. The molecule has 0 spiro atoms. The number of pyridine rings is 1. The molecule has 1 aliphatic carbocycles. The van der Waals surface area contributed by atoms with Gasteiger partial charge in [-0.1, -0.05) is 18.2 Å². The molecule has 0 atom stereocenters. The van der Waals surface area contributed by atoms with E-state index in [4.69, 9.17) is 0 Å². The third kappa shape index (κ3) is 3.02. The van der Waals surface area contributed by atoms with E-state index in [0.29, 0.717) is 0 Å². The Kier molecular flexibility index (Phi) is 4.07. The number of hydrogen-bond donors (Lipinski definition) is 3. The van der Waals surface area contributed by atoms with Gasteiger partial charge in [-0.15, -0.1) is 0 Å². The molecule has 7 nitrogen and oxygen atoms in total. The van der Waals surface area contributed by atoms with Gasteiger partial charge in [0, 0.05) is 41.0 Å². The van der Waals surface area contributed by atoms with Gasteiger partial charge in [-0.3, -0.25) is 10.1 Å².